The van der Waals surface area contributed by atoms with Crippen LogP contribution in [0, 0.1) is 17.6 Å². The monoisotopic (exact) mass is 447 g/mol. The molecule has 0 saturated heterocycles. The lowest BCUT2D eigenvalue weighted by molar-refractivity contribution is -0.133. The minimum atomic E-state index is -0.506. The summed E-state index contributed by atoms with van der Waals surface area (Å²) in [5, 5.41) is 0. The number of benzene rings is 2. The van der Waals surface area contributed by atoms with E-state index in [0.29, 0.717) is 30.8 Å². The SMILES string of the molecule is O=C(C1CC1c1cc(F)ccc1F)N1CCc2nc(C3(c4ccccc4)CC3)[nH]c(=O)c2C1. The molecule has 1 aliphatic heterocycles. The number of carbonyl (C=O) groups is 1. The molecule has 6 rings (SSSR count). The van der Waals surface area contributed by atoms with Gasteiger partial charge in [-0.2, -0.15) is 0 Å². The van der Waals surface area contributed by atoms with E-state index in [-0.39, 0.29) is 40.8 Å². The number of hydrogen-bond acceptors (Lipinski definition) is 3. The van der Waals surface area contributed by atoms with Crippen molar-refractivity contribution >= 4 is 5.91 Å². The molecular formula is C26H23F2N3O2. The van der Waals surface area contributed by atoms with Crippen LogP contribution < -0.4 is 5.56 Å². The number of rotatable bonds is 4. The van der Waals surface area contributed by atoms with Gasteiger partial charge in [0.25, 0.3) is 5.56 Å². The molecule has 2 atom stereocenters. The van der Waals surface area contributed by atoms with Crippen LogP contribution in [0.3, 0.4) is 0 Å². The maximum Gasteiger partial charge on any atom is 0.256 e. The van der Waals surface area contributed by atoms with Gasteiger partial charge < -0.3 is 9.88 Å². The maximum absolute atomic E-state index is 14.1. The van der Waals surface area contributed by atoms with Crippen LogP contribution in [-0.2, 0) is 23.2 Å². The second-order valence-corrected chi connectivity index (χ2v) is 9.41. The van der Waals surface area contributed by atoms with E-state index < -0.39 is 11.6 Å². The highest BCUT2D eigenvalue weighted by molar-refractivity contribution is 5.83. The first-order chi connectivity index (χ1) is 16.0. The minimum absolute atomic E-state index is 0.110. The van der Waals surface area contributed by atoms with E-state index in [4.69, 9.17) is 4.98 Å². The number of nitrogens with zero attached hydrogens (tertiary/aromatic N) is 2. The van der Waals surface area contributed by atoms with Gasteiger partial charge in [-0.3, -0.25) is 9.59 Å². The highest BCUT2D eigenvalue weighted by atomic mass is 19.1. The summed E-state index contributed by atoms with van der Waals surface area (Å²) >= 11 is 0. The molecular weight excluding hydrogens is 424 g/mol. The van der Waals surface area contributed by atoms with Crippen molar-refractivity contribution in [2.45, 2.75) is 43.6 Å². The van der Waals surface area contributed by atoms with Gasteiger partial charge >= 0.3 is 0 Å². The Labute approximate surface area is 189 Å². The molecule has 168 valence electrons. The van der Waals surface area contributed by atoms with Crippen LogP contribution in [-0.4, -0.2) is 27.3 Å². The molecule has 2 unspecified atom stereocenters. The van der Waals surface area contributed by atoms with Crippen molar-refractivity contribution < 1.29 is 13.6 Å². The molecule has 1 N–H and O–H groups in total. The summed E-state index contributed by atoms with van der Waals surface area (Å²) in [7, 11) is 0. The van der Waals surface area contributed by atoms with Crippen molar-refractivity contribution in [1.29, 1.82) is 0 Å². The lowest BCUT2D eigenvalue weighted by atomic mass is 9.94. The lowest BCUT2D eigenvalue weighted by Gasteiger charge is -2.29. The van der Waals surface area contributed by atoms with Gasteiger partial charge in [0.2, 0.25) is 5.91 Å². The van der Waals surface area contributed by atoms with E-state index in [2.05, 4.69) is 17.1 Å². The van der Waals surface area contributed by atoms with Crippen LogP contribution in [0.2, 0.25) is 0 Å². The highest BCUT2D eigenvalue weighted by Gasteiger charge is 2.50. The molecule has 2 aromatic carbocycles. The molecule has 0 spiro atoms. The summed E-state index contributed by atoms with van der Waals surface area (Å²) in [6.07, 6.45) is 2.90. The van der Waals surface area contributed by atoms with Crippen molar-refractivity contribution in [2.24, 2.45) is 5.92 Å². The average Bonchev–Trinajstić information content (AvgIpc) is 3.75. The summed E-state index contributed by atoms with van der Waals surface area (Å²) < 4.78 is 27.7. The molecule has 33 heavy (non-hydrogen) atoms. The maximum atomic E-state index is 14.1. The molecule has 2 heterocycles. The number of H-pyrrole nitrogens is 1. The topological polar surface area (TPSA) is 66.1 Å². The molecule has 2 fully saturated rings. The van der Waals surface area contributed by atoms with Crippen LogP contribution >= 0.6 is 0 Å². The van der Waals surface area contributed by atoms with Gasteiger partial charge in [-0.25, -0.2) is 13.8 Å². The zero-order valence-electron chi connectivity index (χ0n) is 18.0. The van der Waals surface area contributed by atoms with Crippen molar-refractivity contribution in [3.63, 3.8) is 0 Å². The number of halogens is 2. The van der Waals surface area contributed by atoms with Gasteiger partial charge in [0.15, 0.2) is 0 Å². The van der Waals surface area contributed by atoms with E-state index in [9.17, 15) is 18.4 Å². The molecule has 0 bridgehead atoms. The minimum Gasteiger partial charge on any atom is -0.337 e. The Balaban J connectivity index is 1.22. The van der Waals surface area contributed by atoms with Crippen LogP contribution in [0.15, 0.2) is 53.3 Å². The van der Waals surface area contributed by atoms with Crippen molar-refractivity contribution in [2.75, 3.05) is 6.54 Å². The normalized spacial score (nSPS) is 22.5. The quantitative estimate of drug-likeness (QED) is 0.661. The second-order valence-electron chi connectivity index (χ2n) is 9.41. The summed E-state index contributed by atoms with van der Waals surface area (Å²) in [4.78, 5) is 35.5. The van der Waals surface area contributed by atoms with Crippen molar-refractivity contribution in [3.8, 4) is 0 Å². The molecule has 2 saturated carbocycles. The second kappa shape index (κ2) is 7.33. The van der Waals surface area contributed by atoms with Gasteiger partial charge in [0.1, 0.15) is 17.5 Å². The van der Waals surface area contributed by atoms with Crippen LogP contribution in [0.25, 0.3) is 0 Å². The van der Waals surface area contributed by atoms with E-state index in [1.165, 1.54) is 6.07 Å². The number of amides is 1. The molecule has 3 aliphatic rings. The third-order valence-corrected chi connectivity index (χ3v) is 7.38. The predicted octanol–water partition coefficient (Wildman–Crippen LogP) is 3.82. The molecule has 7 heteroatoms. The Morgan fingerprint density at radius 1 is 1.12 bits per heavy atom. The standard InChI is InChI=1S/C26H23F2N3O2/c27-16-6-7-21(28)18(12-16)17-13-19(17)24(33)31-11-8-22-20(14-31)23(32)30-25(29-22)26(9-10-26)15-4-2-1-3-5-15/h1-7,12,17,19H,8-11,13-14H2,(H,29,30,32). The number of hydrogen-bond donors (Lipinski definition) is 1. The predicted molar refractivity (Wildman–Crippen MR) is 118 cm³/mol. The first kappa shape index (κ1) is 20.3. The number of aromatic amines is 1. The number of fused-ring (bicyclic) bond motifs is 1. The molecule has 0 radical (unpaired) electrons. The van der Waals surface area contributed by atoms with E-state index in [0.717, 1.165) is 36.2 Å². The van der Waals surface area contributed by atoms with Gasteiger partial charge in [0, 0.05) is 18.9 Å². The smallest absolute Gasteiger partial charge is 0.256 e. The first-order valence-electron chi connectivity index (χ1n) is 11.4. The molecule has 1 aromatic heterocycles. The van der Waals surface area contributed by atoms with Gasteiger partial charge in [-0.05, 0) is 54.5 Å². The Bertz CT molecular complexity index is 1320. The fourth-order valence-corrected chi connectivity index (χ4v) is 5.23. The van der Waals surface area contributed by atoms with Gasteiger partial charge in [-0.15, -0.1) is 0 Å². The zero-order chi connectivity index (χ0) is 22.7. The third-order valence-electron chi connectivity index (χ3n) is 7.38. The number of nitrogens with one attached hydrogen (secondary N) is 1. The van der Waals surface area contributed by atoms with Gasteiger partial charge in [-0.1, -0.05) is 30.3 Å². The van der Waals surface area contributed by atoms with E-state index in [1.807, 2.05) is 18.2 Å². The summed E-state index contributed by atoms with van der Waals surface area (Å²) in [5.74, 6) is -1.08. The number of carbonyl (C=O) groups excluding carboxylic acids is 1. The molecule has 3 aromatic rings. The fraction of sp³-hybridized carbons (Fsp3) is 0.346. The van der Waals surface area contributed by atoms with Gasteiger partial charge in [0.05, 0.1) is 23.2 Å². The van der Waals surface area contributed by atoms with Crippen LogP contribution in [0.4, 0.5) is 8.78 Å². The van der Waals surface area contributed by atoms with Crippen molar-refractivity contribution in [3.05, 3.63) is 98.7 Å². The summed E-state index contributed by atoms with van der Waals surface area (Å²) in [6, 6.07) is 13.5. The fourth-order valence-electron chi connectivity index (χ4n) is 5.23. The molecule has 2 aliphatic carbocycles. The molecule has 5 nitrogen and oxygen atoms in total. The lowest BCUT2D eigenvalue weighted by Crippen LogP contribution is -2.41. The van der Waals surface area contributed by atoms with Crippen LogP contribution in [0.5, 0.6) is 0 Å². The van der Waals surface area contributed by atoms with E-state index >= 15 is 0 Å². The first-order valence-corrected chi connectivity index (χ1v) is 11.4. The Morgan fingerprint density at radius 2 is 1.91 bits per heavy atom. The Kier molecular flexibility index (Phi) is 4.50. The molecule has 1 amide bonds. The summed E-state index contributed by atoms with van der Waals surface area (Å²) in [5.41, 5.74) is 2.27. The summed E-state index contributed by atoms with van der Waals surface area (Å²) in [6.45, 7) is 0.666. The largest absolute Gasteiger partial charge is 0.337 e. The van der Waals surface area contributed by atoms with E-state index in [1.54, 1.807) is 4.90 Å². The highest BCUT2D eigenvalue weighted by Crippen LogP contribution is 2.52. The Hall–Kier alpha value is -3.35. The van der Waals surface area contributed by atoms with Crippen molar-refractivity contribution in [1.82, 2.24) is 14.9 Å². The third kappa shape index (κ3) is 3.37. The zero-order valence-corrected chi connectivity index (χ0v) is 18.0. The van der Waals surface area contributed by atoms with Crippen LogP contribution in [0.1, 0.15) is 53.4 Å². The average molecular weight is 447 g/mol. The number of aromatic nitrogens is 2. The Morgan fingerprint density at radius 3 is 2.67 bits per heavy atom.